The largest absolute Gasteiger partial charge is 0.352 e. The molecule has 2 aromatic heterocycles. The molecular weight excluding hydrogens is 408 g/mol. The van der Waals surface area contributed by atoms with E-state index in [1.807, 2.05) is 63.4 Å². The first kappa shape index (κ1) is 20.0. The second kappa shape index (κ2) is 7.35. The van der Waals surface area contributed by atoms with Crippen LogP contribution in [0, 0.1) is 20.8 Å². The van der Waals surface area contributed by atoms with E-state index in [1.165, 1.54) is 0 Å². The first-order chi connectivity index (χ1) is 14.9. The van der Waals surface area contributed by atoms with Gasteiger partial charge in [-0.25, -0.2) is 13.4 Å². The molecule has 0 bridgehead atoms. The molecule has 1 saturated heterocycles. The van der Waals surface area contributed by atoms with Crippen LogP contribution in [0.2, 0.25) is 0 Å². The number of sulfonamides is 1. The first-order valence-electron chi connectivity index (χ1n) is 10.5. The first-order valence-corrected chi connectivity index (χ1v) is 12.0. The van der Waals surface area contributed by atoms with Gasteiger partial charge in [0.05, 0.1) is 21.4 Å². The van der Waals surface area contributed by atoms with Crippen molar-refractivity contribution < 1.29 is 8.42 Å². The quantitative estimate of drug-likeness (QED) is 0.490. The molecule has 4 aromatic rings. The molecule has 0 spiro atoms. The summed E-state index contributed by atoms with van der Waals surface area (Å²) < 4.78 is 30.6. The fourth-order valence-electron chi connectivity index (χ4n) is 4.78. The minimum absolute atomic E-state index is 0.441. The maximum absolute atomic E-state index is 13.4. The summed E-state index contributed by atoms with van der Waals surface area (Å²) >= 11 is 0. The second-order valence-corrected chi connectivity index (χ2v) is 10.2. The number of piperazine rings is 1. The van der Waals surface area contributed by atoms with Crippen molar-refractivity contribution in [3.63, 3.8) is 0 Å². The number of nitrogens with zero attached hydrogens (tertiary/aromatic N) is 4. The van der Waals surface area contributed by atoms with Crippen LogP contribution in [0.1, 0.15) is 16.7 Å². The molecule has 7 heteroatoms. The van der Waals surface area contributed by atoms with Crippen LogP contribution in [-0.4, -0.2) is 48.3 Å². The summed E-state index contributed by atoms with van der Waals surface area (Å²) in [6.07, 6.45) is 2.05. The van der Waals surface area contributed by atoms with Gasteiger partial charge in [0.1, 0.15) is 0 Å². The zero-order valence-electron chi connectivity index (χ0n) is 18.0. The van der Waals surface area contributed by atoms with Crippen molar-refractivity contribution in [1.29, 1.82) is 0 Å². The lowest BCUT2D eigenvalue weighted by molar-refractivity contribution is 0.383. The molecule has 0 aliphatic carbocycles. The molecule has 3 heterocycles. The summed E-state index contributed by atoms with van der Waals surface area (Å²) in [5.41, 5.74) is 5.74. The molecule has 5 rings (SSSR count). The lowest BCUT2D eigenvalue weighted by Crippen LogP contribution is -2.49. The van der Waals surface area contributed by atoms with E-state index >= 15 is 0 Å². The summed E-state index contributed by atoms with van der Waals surface area (Å²) in [6.45, 7) is 7.85. The van der Waals surface area contributed by atoms with Gasteiger partial charge in [0.25, 0.3) is 0 Å². The fourth-order valence-corrected chi connectivity index (χ4v) is 6.62. The maximum Gasteiger partial charge on any atom is 0.243 e. The molecule has 0 radical (unpaired) electrons. The number of hydrogen-bond acceptors (Lipinski definition) is 4. The van der Waals surface area contributed by atoms with Crippen molar-refractivity contribution in [2.24, 2.45) is 0 Å². The zero-order chi connectivity index (χ0) is 21.8. The molecule has 1 fully saturated rings. The van der Waals surface area contributed by atoms with Gasteiger partial charge in [-0.2, -0.15) is 4.31 Å². The Hall–Kier alpha value is -2.90. The Morgan fingerprint density at radius 2 is 1.48 bits per heavy atom. The molecular formula is C24H26N4O2S. The van der Waals surface area contributed by atoms with Crippen LogP contribution in [-0.2, 0) is 10.0 Å². The Bertz CT molecular complexity index is 1380. The molecule has 1 aliphatic heterocycles. The number of hydrogen-bond donors (Lipinski definition) is 0. The third-order valence-corrected chi connectivity index (χ3v) is 8.29. The summed E-state index contributed by atoms with van der Waals surface area (Å²) in [4.78, 5) is 7.57. The third kappa shape index (κ3) is 3.28. The van der Waals surface area contributed by atoms with Gasteiger partial charge in [0, 0.05) is 32.4 Å². The Labute approximate surface area is 182 Å². The van der Waals surface area contributed by atoms with Crippen LogP contribution >= 0.6 is 0 Å². The smallest absolute Gasteiger partial charge is 0.243 e. The lowest BCUT2D eigenvalue weighted by atomic mass is 10.1. The molecule has 0 unspecified atom stereocenters. The highest BCUT2D eigenvalue weighted by molar-refractivity contribution is 7.89. The van der Waals surface area contributed by atoms with Crippen LogP contribution in [0.5, 0.6) is 0 Å². The second-order valence-electron chi connectivity index (χ2n) is 8.31. The molecule has 2 aromatic carbocycles. The monoisotopic (exact) mass is 434 g/mol. The molecule has 0 saturated carbocycles. The van der Waals surface area contributed by atoms with Crippen molar-refractivity contribution >= 4 is 32.4 Å². The summed E-state index contributed by atoms with van der Waals surface area (Å²) in [5.74, 6) is 0.906. The Kier molecular flexibility index (Phi) is 4.75. The van der Waals surface area contributed by atoms with Gasteiger partial charge >= 0.3 is 0 Å². The van der Waals surface area contributed by atoms with Crippen molar-refractivity contribution in [2.45, 2.75) is 25.7 Å². The van der Waals surface area contributed by atoms with Gasteiger partial charge in [-0.05, 0) is 56.2 Å². The number of aromatic nitrogens is 2. The van der Waals surface area contributed by atoms with E-state index in [1.54, 1.807) is 4.31 Å². The third-order valence-electron chi connectivity index (χ3n) is 6.09. The highest BCUT2D eigenvalue weighted by Crippen LogP contribution is 2.29. The Balaban J connectivity index is 1.45. The number of para-hydroxylation sites is 2. The summed E-state index contributed by atoms with van der Waals surface area (Å²) in [7, 11) is -3.53. The fraction of sp³-hybridized carbons (Fsp3) is 0.292. The number of fused-ring (bicyclic) bond motifs is 3. The minimum atomic E-state index is -3.53. The van der Waals surface area contributed by atoms with Crippen LogP contribution in [0.25, 0.3) is 16.6 Å². The Morgan fingerprint density at radius 3 is 2.19 bits per heavy atom. The van der Waals surface area contributed by atoms with E-state index in [4.69, 9.17) is 4.98 Å². The van der Waals surface area contributed by atoms with Crippen molar-refractivity contribution in [3.8, 4) is 0 Å². The standard InChI is InChI=1S/C24H26N4O2S/c1-17-15-18(2)23(19(3)16-17)31(29,30)27-13-11-26(12-14-27)24-22-9-6-10-28(22)21-8-5-4-7-20(21)25-24/h4-10,15-16H,11-14H2,1-3H3. The van der Waals surface area contributed by atoms with Gasteiger partial charge in [-0.1, -0.05) is 29.8 Å². The zero-order valence-corrected chi connectivity index (χ0v) is 18.9. The van der Waals surface area contributed by atoms with Gasteiger partial charge in [0.2, 0.25) is 10.0 Å². The van der Waals surface area contributed by atoms with Crippen molar-refractivity contribution in [3.05, 3.63) is 71.4 Å². The highest BCUT2D eigenvalue weighted by atomic mass is 32.2. The van der Waals surface area contributed by atoms with Crippen molar-refractivity contribution in [2.75, 3.05) is 31.1 Å². The topological polar surface area (TPSA) is 57.9 Å². The number of anilines is 1. The Morgan fingerprint density at radius 1 is 0.839 bits per heavy atom. The van der Waals surface area contributed by atoms with E-state index in [0.29, 0.717) is 31.1 Å². The predicted octanol–water partition coefficient (Wildman–Crippen LogP) is 3.92. The molecule has 6 nitrogen and oxygen atoms in total. The van der Waals surface area contributed by atoms with Crippen LogP contribution in [0.3, 0.4) is 0 Å². The average Bonchev–Trinajstić information content (AvgIpc) is 3.22. The summed E-state index contributed by atoms with van der Waals surface area (Å²) in [6, 6.07) is 16.1. The van der Waals surface area contributed by atoms with Gasteiger partial charge in [0.15, 0.2) is 5.82 Å². The van der Waals surface area contributed by atoms with Gasteiger partial charge in [-0.3, -0.25) is 0 Å². The summed E-state index contributed by atoms with van der Waals surface area (Å²) in [5, 5.41) is 0. The van der Waals surface area contributed by atoms with Crippen LogP contribution in [0.15, 0.2) is 59.6 Å². The molecule has 1 aliphatic rings. The van der Waals surface area contributed by atoms with Crippen LogP contribution < -0.4 is 4.90 Å². The number of benzene rings is 2. The SMILES string of the molecule is Cc1cc(C)c(S(=O)(=O)N2CCN(c3nc4ccccc4n4cccc34)CC2)c(C)c1. The minimum Gasteiger partial charge on any atom is -0.352 e. The predicted molar refractivity (Wildman–Crippen MR) is 124 cm³/mol. The van der Waals surface area contributed by atoms with Crippen LogP contribution in [0.4, 0.5) is 5.82 Å². The molecule has 0 N–H and O–H groups in total. The van der Waals surface area contributed by atoms with E-state index in [2.05, 4.69) is 21.4 Å². The van der Waals surface area contributed by atoms with E-state index in [-0.39, 0.29) is 0 Å². The maximum atomic E-state index is 13.4. The van der Waals surface area contributed by atoms with Gasteiger partial charge < -0.3 is 9.30 Å². The lowest BCUT2D eigenvalue weighted by Gasteiger charge is -2.35. The number of aryl methyl sites for hydroxylation is 3. The van der Waals surface area contributed by atoms with E-state index in [0.717, 1.165) is 39.1 Å². The molecule has 160 valence electrons. The van der Waals surface area contributed by atoms with E-state index in [9.17, 15) is 8.42 Å². The van der Waals surface area contributed by atoms with Gasteiger partial charge in [-0.15, -0.1) is 0 Å². The molecule has 31 heavy (non-hydrogen) atoms. The highest BCUT2D eigenvalue weighted by Gasteiger charge is 2.31. The number of rotatable bonds is 3. The van der Waals surface area contributed by atoms with Crippen molar-refractivity contribution in [1.82, 2.24) is 13.7 Å². The van der Waals surface area contributed by atoms with E-state index < -0.39 is 10.0 Å². The normalized spacial score (nSPS) is 15.8. The molecule has 0 amide bonds. The molecule has 0 atom stereocenters. The average molecular weight is 435 g/mol.